The molecule has 1 saturated carbocycles. The number of amides is 1. The molecule has 5 nitrogen and oxygen atoms in total. The third-order valence-electron chi connectivity index (χ3n) is 4.19. The number of carbonyl (C=O) groups excluding carboxylic acids is 1. The first-order valence-electron chi connectivity index (χ1n) is 6.98. The van der Waals surface area contributed by atoms with Crippen molar-refractivity contribution in [3.63, 3.8) is 0 Å². The second kappa shape index (κ2) is 4.90. The molecule has 1 aromatic heterocycles. The maximum Gasteiger partial charge on any atom is 0.230 e. The molecule has 5 heteroatoms. The van der Waals surface area contributed by atoms with E-state index in [0.717, 1.165) is 41.8 Å². The second-order valence-electron chi connectivity index (χ2n) is 5.52. The van der Waals surface area contributed by atoms with Crippen molar-refractivity contribution in [1.82, 2.24) is 9.55 Å². The summed E-state index contributed by atoms with van der Waals surface area (Å²) in [6.45, 7) is 1.95. The zero-order valence-electron chi connectivity index (χ0n) is 11.8. The zero-order chi connectivity index (χ0) is 14.3. The summed E-state index contributed by atoms with van der Waals surface area (Å²) in [5, 5.41) is 12.7. The van der Waals surface area contributed by atoms with Gasteiger partial charge in [-0.25, -0.2) is 4.98 Å². The minimum absolute atomic E-state index is 0.0954. The quantitative estimate of drug-likeness (QED) is 0.879. The van der Waals surface area contributed by atoms with Gasteiger partial charge in [-0.3, -0.25) is 4.79 Å². The van der Waals surface area contributed by atoms with E-state index in [0.29, 0.717) is 0 Å². The fraction of sp³-hybridized carbons (Fsp3) is 0.467. The topological polar surface area (TPSA) is 67.2 Å². The van der Waals surface area contributed by atoms with Crippen LogP contribution in [-0.4, -0.2) is 26.7 Å². The Bertz CT molecular complexity index is 662. The summed E-state index contributed by atoms with van der Waals surface area (Å²) >= 11 is 0. The molecule has 0 aliphatic heterocycles. The van der Waals surface area contributed by atoms with Gasteiger partial charge in [-0.15, -0.1) is 0 Å². The Morgan fingerprint density at radius 1 is 1.45 bits per heavy atom. The lowest BCUT2D eigenvalue weighted by molar-refractivity contribution is -0.122. The van der Waals surface area contributed by atoms with Crippen molar-refractivity contribution in [2.45, 2.75) is 32.3 Å². The maximum atomic E-state index is 12.1. The van der Waals surface area contributed by atoms with Crippen LogP contribution in [-0.2, 0) is 11.8 Å². The number of benzene rings is 1. The van der Waals surface area contributed by atoms with E-state index in [1.807, 2.05) is 36.7 Å². The Morgan fingerprint density at radius 2 is 2.25 bits per heavy atom. The third-order valence-corrected chi connectivity index (χ3v) is 4.19. The van der Waals surface area contributed by atoms with Crippen LogP contribution >= 0.6 is 0 Å². The number of aliphatic hydroxyl groups is 1. The van der Waals surface area contributed by atoms with Crippen LogP contribution in [0, 0.1) is 12.8 Å². The van der Waals surface area contributed by atoms with Crippen LogP contribution in [0.3, 0.4) is 0 Å². The summed E-state index contributed by atoms with van der Waals surface area (Å²) in [5.74, 6) is 0.563. The van der Waals surface area contributed by atoms with Crippen LogP contribution in [0.1, 0.15) is 25.1 Å². The van der Waals surface area contributed by atoms with Gasteiger partial charge in [0, 0.05) is 12.7 Å². The lowest BCUT2D eigenvalue weighted by Gasteiger charge is -2.14. The predicted molar refractivity (Wildman–Crippen MR) is 77.4 cm³/mol. The summed E-state index contributed by atoms with van der Waals surface area (Å²) in [6, 6.07) is 5.71. The Hall–Kier alpha value is -1.88. The SMILES string of the molecule is Cc1nc2cc(NC(=O)C3CCCC3O)ccc2n1C. The van der Waals surface area contributed by atoms with Crippen LogP contribution in [0.2, 0.25) is 0 Å². The van der Waals surface area contributed by atoms with Crippen LogP contribution in [0.4, 0.5) is 5.69 Å². The van der Waals surface area contributed by atoms with Gasteiger partial charge in [0.2, 0.25) is 5.91 Å². The van der Waals surface area contributed by atoms with E-state index in [9.17, 15) is 9.90 Å². The van der Waals surface area contributed by atoms with E-state index in [1.54, 1.807) is 0 Å². The number of fused-ring (bicyclic) bond motifs is 1. The highest BCUT2D eigenvalue weighted by atomic mass is 16.3. The minimum atomic E-state index is -0.504. The second-order valence-corrected chi connectivity index (χ2v) is 5.52. The molecule has 0 spiro atoms. The molecule has 3 rings (SSSR count). The van der Waals surface area contributed by atoms with Gasteiger partial charge in [-0.2, -0.15) is 0 Å². The predicted octanol–water partition coefficient (Wildman–Crippen LogP) is 1.98. The lowest BCUT2D eigenvalue weighted by Crippen LogP contribution is -2.28. The van der Waals surface area contributed by atoms with Crippen molar-refractivity contribution in [3.05, 3.63) is 24.0 Å². The molecule has 1 aromatic carbocycles. The van der Waals surface area contributed by atoms with Crippen molar-refractivity contribution in [2.24, 2.45) is 13.0 Å². The van der Waals surface area contributed by atoms with E-state index in [4.69, 9.17) is 0 Å². The van der Waals surface area contributed by atoms with Gasteiger partial charge in [-0.1, -0.05) is 0 Å². The molecule has 1 fully saturated rings. The van der Waals surface area contributed by atoms with Crippen LogP contribution in [0.15, 0.2) is 18.2 Å². The first-order valence-corrected chi connectivity index (χ1v) is 6.98. The fourth-order valence-corrected chi connectivity index (χ4v) is 2.88. The average molecular weight is 273 g/mol. The molecule has 0 radical (unpaired) electrons. The smallest absolute Gasteiger partial charge is 0.230 e. The molecular formula is C15H19N3O2. The van der Waals surface area contributed by atoms with E-state index in [1.165, 1.54) is 0 Å². The third kappa shape index (κ3) is 2.18. The summed E-state index contributed by atoms with van der Waals surface area (Å²) in [4.78, 5) is 16.6. The van der Waals surface area contributed by atoms with Gasteiger partial charge in [0.15, 0.2) is 0 Å². The van der Waals surface area contributed by atoms with Crippen molar-refractivity contribution in [3.8, 4) is 0 Å². The number of anilines is 1. The number of hydrogen-bond donors (Lipinski definition) is 2. The molecular weight excluding hydrogens is 254 g/mol. The first kappa shape index (κ1) is 13.1. The number of hydrogen-bond acceptors (Lipinski definition) is 3. The number of imidazole rings is 1. The molecule has 0 bridgehead atoms. The molecule has 2 atom stereocenters. The van der Waals surface area contributed by atoms with Gasteiger partial charge >= 0.3 is 0 Å². The minimum Gasteiger partial charge on any atom is -0.392 e. The molecule has 106 valence electrons. The Balaban J connectivity index is 1.82. The molecule has 20 heavy (non-hydrogen) atoms. The number of aryl methyl sites for hydroxylation is 2. The fourth-order valence-electron chi connectivity index (χ4n) is 2.88. The number of nitrogens with zero attached hydrogens (tertiary/aromatic N) is 2. The van der Waals surface area contributed by atoms with E-state index in [-0.39, 0.29) is 11.8 Å². The van der Waals surface area contributed by atoms with Gasteiger partial charge in [0.1, 0.15) is 5.82 Å². The van der Waals surface area contributed by atoms with E-state index < -0.39 is 6.10 Å². The van der Waals surface area contributed by atoms with Crippen molar-refractivity contribution >= 4 is 22.6 Å². The lowest BCUT2D eigenvalue weighted by atomic mass is 10.1. The summed E-state index contributed by atoms with van der Waals surface area (Å²) in [7, 11) is 1.97. The highest BCUT2D eigenvalue weighted by Gasteiger charge is 2.31. The molecule has 0 saturated heterocycles. The molecule has 1 amide bonds. The van der Waals surface area contributed by atoms with E-state index >= 15 is 0 Å². The molecule has 1 aliphatic carbocycles. The van der Waals surface area contributed by atoms with Crippen LogP contribution in [0.5, 0.6) is 0 Å². The summed E-state index contributed by atoms with van der Waals surface area (Å²) in [5.41, 5.74) is 2.65. The van der Waals surface area contributed by atoms with Gasteiger partial charge in [-0.05, 0) is 44.4 Å². The molecule has 2 aromatic rings. The highest BCUT2D eigenvalue weighted by Crippen LogP contribution is 2.27. The molecule has 1 aliphatic rings. The van der Waals surface area contributed by atoms with Crippen LogP contribution < -0.4 is 5.32 Å². The number of rotatable bonds is 2. The first-order chi connectivity index (χ1) is 9.56. The number of aromatic nitrogens is 2. The Labute approximate surface area is 117 Å². The van der Waals surface area contributed by atoms with Gasteiger partial charge < -0.3 is 15.0 Å². The van der Waals surface area contributed by atoms with Crippen molar-refractivity contribution < 1.29 is 9.90 Å². The highest BCUT2D eigenvalue weighted by molar-refractivity contribution is 5.95. The van der Waals surface area contributed by atoms with Crippen LogP contribution in [0.25, 0.3) is 11.0 Å². The Kier molecular flexibility index (Phi) is 3.22. The van der Waals surface area contributed by atoms with Crippen molar-refractivity contribution in [1.29, 1.82) is 0 Å². The number of carbonyl (C=O) groups is 1. The summed E-state index contributed by atoms with van der Waals surface area (Å²) in [6.07, 6.45) is 1.89. The van der Waals surface area contributed by atoms with Gasteiger partial charge in [0.25, 0.3) is 0 Å². The van der Waals surface area contributed by atoms with Crippen molar-refractivity contribution in [2.75, 3.05) is 5.32 Å². The van der Waals surface area contributed by atoms with E-state index in [2.05, 4.69) is 10.3 Å². The molecule has 2 unspecified atom stereocenters. The largest absolute Gasteiger partial charge is 0.392 e. The summed E-state index contributed by atoms with van der Waals surface area (Å²) < 4.78 is 2.02. The standard InChI is InChI=1S/C15H19N3O2/c1-9-16-12-8-10(6-7-13(12)18(9)2)17-15(20)11-4-3-5-14(11)19/h6-8,11,14,19H,3-5H2,1-2H3,(H,17,20). The van der Waals surface area contributed by atoms with Gasteiger partial charge in [0.05, 0.1) is 23.1 Å². The monoisotopic (exact) mass is 273 g/mol. The maximum absolute atomic E-state index is 12.1. The normalized spacial score (nSPS) is 22.4. The molecule has 2 N–H and O–H groups in total. The molecule has 1 heterocycles. The Morgan fingerprint density at radius 3 is 2.95 bits per heavy atom. The zero-order valence-corrected chi connectivity index (χ0v) is 11.8. The average Bonchev–Trinajstić information content (AvgIpc) is 2.95. The number of aliphatic hydroxyl groups excluding tert-OH is 1. The number of nitrogens with one attached hydrogen (secondary N) is 1.